The molecule has 0 aromatic heterocycles. The zero-order valence-electron chi connectivity index (χ0n) is 10.7. The van der Waals surface area contributed by atoms with E-state index < -0.39 is 0 Å². The molecule has 4 atom stereocenters. The van der Waals surface area contributed by atoms with E-state index in [4.69, 9.17) is 5.11 Å². The van der Waals surface area contributed by atoms with Gasteiger partial charge in [0.25, 0.3) is 0 Å². The fourth-order valence-corrected chi connectivity index (χ4v) is 2.81. The van der Waals surface area contributed by atoms with E-state index in [1.165, 1.54) is 19.3 Å². The van der Waals surface area contributed by atoms with Crippen molar-refractivity contribution >= 4 is 0 Å². The normalized spacial score (nSPS) is 34.4. The minimum atomic E-state index is 0.238. The highest BCUT2D eigenvalue weighted by Gasteiger charge is 2.30. The molecule has 0 spiro atoms. The lowest BCUT2D eigenvalue weighted by Crippen LogP contribution is -2.47. The smallest absolute Gasteiger partial charge is 0.0582 e. The number of hydrogen-bond acceptors (Lipinski definition) is 2. The van der Waals surface area contributed by atoms with Gasteiger partial charge in [-0.2, -0.15) is 0 Å². The highest BCUT2D eigenvalue weighted by atomic mass is 16.3. The molecule has 90 valence electrons. The first-order valence-corrected chi connectivity index (χ1v) is 6.41. The van der Waals surface area contributed by atoms with E-state index in [2.05, 4.69) is 33.0 Å². The van der Waals surface area contributed by atoms with Crippen molar-refractivity contribution < 1.29 is 5.11 Å². The van der Waals surface area contributed by atoms with Crippen LogP contribution in [0.15, 0.2) is 0 Å². The number of nitrogens with one attached hydrogen (secondary N) is 1. The molecule has 3 unspecified atom stereocenters. The van der Waals surface area contributed by atoms with Crippen LogP contribution in [0.1, 0.15) is 47.0 Å². The lowest BCUT2D eigenvalue weighted by atomic mass is 9.74. The summed E-state index contributed by atoms with van der Waals surface area (Å²) in [7, 11) is 0. The molecular weight excluding hydrogens is 186 g/mol. The van der Waals surface area contributed by atoms with E-state index in [0.717, 1.165) is 17.8 Å². The Morgan fingerprint density at radius 2 is 1.93 bits per heavy atom. The number of aliphatic hydroxyl groups excluding tert-OH is 1. The van der Waals surface area contributed by atoms with E-state index in [-0.39, 0.29) is 12.6 Å². The van der Waals surface area contributed by atoms with Gasteiger partial charge in [-0.1, -0.05) is 27.2 Å². The topological polar surface area (TPSA) is 32.3 Å². The first kappa shape index (κ1) is 13.0. The van der Waals surface area contributed by atoms with Gasteiger partial charge in [-0.05, 0) is 37.5 Å². The van der Waals surface area contributed by atoms with Gasteiger partial charge < -0.3 is 10.4 Å². The monoisotopic (exact) mass is 213 g/mol. The van der Waals surface area contributed by atoms with Crippen LogP contribution in [0.25, 0.3) is 0 Å². The van der Waals surface area contributed by atoms with Gasteiger partial charge in [0.05, 0.1) is 6.61 Å². The molecule has 0 amide bonds. The maximum atomic E-state index is 9.09. The van der Waals surface area contributed by atoms with Crippen molar-refractivity contribution in [1.29, 1.82) is 0 Å². The molecule has 2 heteroatoms. The molecule has 2 N–H and O–H groups in total. The van der Waals surface area contributed by atoms with E-state index in [9.17, 15) is 0 Å². The van der Waals surface area contributed by atoms with Crippen molar-refractivity contribution in [3.8, 4) is 0 Å². The zero-order valence-corrected chi connectivity index (χ0v) is 10.7. The van der Waals surface area contributed by atoms with Crippen LogP contribution >= 0.6 is 0 Å². The summed E-state index contributed by atoms with van der Waals surface area (Å²) in [5.74, 6) is 2.37. The van der Waals surface area contributed by atoms with Crippen LogP contribution in [0.5, 0.6) is 0 Å². The highest BCUT2D eigenvalue weighted by Crippen LogP contribution is 2.33. The molecule has 0 aromatic carbocycles. The third kappa shape index (κ3) is 3.76. The summed E-state index contributed by atoms with van der Waals surface area (Å²) >= 11 is 0. The molecule has 0 saturated heterocycles. The average molecular weight is 213 g/mol. The van der Waals surface area contributed by atoms with Crippen molar-refractivity contribution in [2.75, 3.05) is 6.61 Å². The molecule has 1 saturated carbocycles. The van der Waals surface area contributed by atoms with E-state index >= 15 is 0 Å². The van der Waals surface area contributed by atoms with Crippen molar-refractivity contribution in [3.63, 3.8) is 0 Å². The van der Waals surface area contributed by atoms with E-state index in [0.29, 0.717) is 6.04 Å². The molecule has 0 bridgehead atoms. The van der Waals surface area contributed by atoms with Crippen LogP contribution in [0.2, 0.25) is 0 Å². The van der Waals surface area contributed by atoms with Crippen LogP contribution in [0.3, 0.4) is 0 Å². The Bertz CT molecular complexity index is 181. The van der Waals surface area contributed by atoms with Gasteiger partial charge in [0.1, 0.15) is 0 Å². The molecule has 0 aliphatic heterocycles. The minimum absolute atomic E-state index is 0.238. The van der Waals surface area contributed by atoms with Gasteiger partial charge in [-0.25, -0.2) is 0 Å². The van der Waals surface area contributed by atoms with Crippen LogP contribution in [0.4, 0.5) is 0 Å². The molecule has 1 aliphatic carbocycles. The molecular formula is C13H27NO. The Morgan fingerprint density at radius 1 is 1.27 bits per heavy atom. The highest BCUT2D eigenvalue weighted by molar-refractivity contribution is 4.86. The lowest BCUT2D eigenvalue weighted by molar-refractivity contribution is 0.144. The van der Waals surface area contributed by atoms with Crippen molar-refractivity contribution in [2.24, 2.45) is 17.8 Å². The van der Waals surface area contributed by atoms with E-state index in [1.807, 2.05) is 0 Å². The fraction of sp³-hybridized carbons (Fsp3) is 1.00. The number of hydrogen-bond donors (Lipinski definition) is 2. The quantitative estimate of drug-likeness (QED) is 0.751. The Balaban J connectivity index is 2.54. The minimum Gasteiger partial charge on any atom is -0.395 e. The first-order chi connectivity index (χ1) is 7.04. The Hall–Kier alpha value is -0.0800. The summed E-state index contributed by atoms with van der Waals surface area (Å²) in [5.41, 5.74) is 0. The van der Waals surface area contributed by atoms with Gasteiger partial charge in [0.15, 0.2) is 0 Å². The Labute approximate surface area is 94.5 Å². The van der Waals surface area contributed by atoms with Gasteiger partial charge in [0.2, 0.25) is 0 Å². The summed E-state index contributed by atoms with van der Waals surface area (Å²) in [6, 6.07) is 0.845. The van der Waals surface area contributed by atoms with Crippen LogP contribution in [-0.4, -0.2) is 23.8 Å². The second kappa shape index (κ2) is 5.86. The van der Waals surface area contributed by atoms with Gasteiger partial charge in [-0.15, -0.1) is 0 Å². The number of rotatable bonds is 4. The average Bonchev–Trinajstić information content (AvgIpc) is 2.17. The molecule has 0 radical (unpaired) electrons. The maximum absolute atomic E-state index is 9.09. The van der Waals surface area contributed by atoms with Crippen molar-refractivity contribution in [2.45, 2.75) is 59.0 Å². The van der Waals surface area contributed by atoms with Crippen LogP contribution in [0, 0.1) is 17.8 Å². The summed E-state index contributed by atoms with van der Waals surface area (Å²) in [4.78, 5) is 0. The van der Waals surface area contributed by atoms with Crippen molar-refractivity contribution in [1.82, 2.24) is 5.32 Å². The molecule has 1 fully saturated rings. The molecule has 15 heavy (non-hydrogen) atoms. The summed E-state index contributed by atoms with van der Waals surface area (Å²) in [6.07, 6.45) is 3.98. The largest absolute Gasteiger partial charge is 0.395 e. The fourth-order valence-electron chi connectivity index (χ4n) is 2.81. The predicted molar refractivity (Wildman–Crippen MR) is 64.8 cm³/mol. The third-order valence-corrected chi connectivity index (χ3v) is 3.79. The Morgan fingerprint density at radius 3 is 2.47 bits per heavy atom. The second-order valence-electron chi connectivity index (χ2n) is 5.68. The molecule has 2 nitrogen and oxygen atoms in total. The predicted octanol–water partition coefficient (Wildman–Crippen LogP) is 2.42. The summed E-state index contributed by atoms with van der Waals surface area (Å²) in [6.45, 7) is 9.29. The lowest BCUT2D eigenvalue weighted by Gasteiger charge is -2.39. The summed E-state index contributed by atoms with van der Waals surface area (Å²) in [5, 5.41) is 12.7. The first-order valence-electron chi connectivity index (χ1n) is 6.41. The van der Waals surface area contributed by atoms with Crippen molar-refractivity contribution in [3.05, 3.63) is 0 Å². The van der Waals surface area contributed by atoms with Gasteiger partial charge in [-0.3, -0.25) is 0 Å². The maximum Gasteiger partial charge on any atom is 0.0582 e. The van der Waals surface area contributed by atoms with Crippen LogP contribution in [-0.2, 0) is 0 Å². The summed E-state index contributed by atoms with van der Waals surface area (Å²) < 4.78 is 0. The third-order valence-electron chi connectivity index (χ3n) is 3.79. The standard InChI is InChI=1S/C13H27NO/c1-9(2)12-6-5-10(3)7-13(12)14-11(4)8-15/h9-15H,5-8H2,1-4H3/t10?,11-,12?,13?/m1/s1. The zero-order chi connectivity index (χ0) is 11.4. The molecule has 1 aliphatic rings. The van der Waals surface area contributed by atoms with Gasteiger partial charge in [0, 0.05) is 12.1 Å². The SMILES string of the molecule is CC1CCC(C(C)C)C(N[C@H](C)CO)C1. The van der Waals surface area contributed by atoms with Crippen LogP contribution < -0.4 is 5.32 Å². The van der Waals surface area contributed by atoms with Gasteiger partial charge >= 0.3 is 0 Å². The second-order valence-corrected chi connectivity index (χ2v) is 5.68. The Kier molecular flexibility index (Phi) is 5.07. The van der Waals surface area contributed by atoms with E-state index in [1.54, 1.807) is 0 Å². The molecule has 0 aromatic rings. The molecule has 1 rings (SSSR count). The molecule has 0 heterocycles. The number of aliphatic hydroxyl groups is 1.